The van der Waals surface area contributed by atoms with Gasteiger partial charge in [-0.1, -0.05) is 30.3 Å². The third kappa shape index (κ3) is 3.68. The van der Waals surface area contributed by atoms with Gasteiger partial charge in [0.25, 0.3) is 0 Å². The van der Waals surface area contributed by atoms with E-state index in [2.05, 4.69) is 29.5 Å². The van der Waals surface area contributed by atoms with Crippen molar-refractivity contribution in [3.8, 4) is 0 Å². The second-order valence-corrected chi connectivity index (χ2v) is 4.42. The third-order valence-electron chi connectivity index (χ3n) is 2.92. The van der Waals surface area contributed by atoms with E-state index in [4.69, 9.17) is 0 Å². The molecule has 2 aromatic rings. The Labute approximate surface area is 107 Å². The van der Waals surface area contributed by atoms with Crippen LogP contribution in [0.15, 0.2) is 48.8 Å². The normalized spacial score (nSPS) is 14.3. The van der Waals surface area contributed by atoms with Crippen LogP contribution in [-0.4, -0.2) is 27.5 Å². The highest BCUT2D eigenvalue weighted by molar-refractivity contribution is 5.17. The summed E-state index contributed by atoms with van der Waals surface area (Å²) in [4.78, 5) is 0. The molecule has 1 heterocycles. The lowest BCUT2D eigenvalue weighted by Crippen LogP contribution is -2.32. The number of rotatable bonds is 6. The maximum absolute atomic E-state index is 9.89. The van der Waals surface area contributed by atoms with E-state index in [9.17, 15) is 5.11 Å². The van der Waals surface area contributed by atoms with Crippen molar-refractivity contribution in [1.29, 1.82) is 0 Å². The predicted octanol–water partition coefficient (Wildman–Crippen LogP) is 1.59. The van der Waals surface area contributed by atoms with Crippen LogP contribution in [0, 0.1) is 0 Å². The minimum absolute atomic E-state index is 0.235. The van der Waals surface area contributed by atoms with Crippen molar-refractivity contribution < 1.29 is 5.11 Å². The summed E-state index contributed by atoms with van der Waals surface area (Å²) in [6, 6.07) is 12.3. The maximum Gasteiger partial charge on any atom is 0.0860 e. The smallest absolute Gasteiger partial charge is 0.0860 e. The summed E-state index contributed by atoms with van der Waals surface area (Å²) in [6.07, 6.45) is 3.13. The quantitative estimate of drug-likeness (QED) is 0.812. The number of hydrogen-bond donors (Lipinski definition) is 2. The number of aromatic nitrogens is 2. The molecule has 1 aromatic carbocycles. The first-order valence-corrected chi connectivity index (χ1v) is 6.19. The number of aliphatic hydroxyl groups excluding tert-OH is 1. The van der Waals surface area contributed by atoms with Crippen LogP contribution in [0.2, 0.25) is 0 Å². The Morgan fingerprint density at radius 3 is 2.72 bits per heavy atom. The minimum atomic E-state index is -0.434. The van der Waals surface area contributed by atoms with Crippen LogP contribution in [0.3, 0.4) is 0 Å². The maximum atomic E-state index is 9.89. The molecule has 4 nitrogen and oxygen atoms in total. The summed E-state index contributed by atoms with van der Waals surface area (Å²) in [5.41, 5.74) is 1.23. The van der Waals surface area contributed by atoms with E-state index in [0.717, 1.165) is 0 Å². The van der Waals surface area contributed by atoms with Gasteiger partial charge in [0, 0.05) is 25.0 Å². The number of nitrogens with zero attached hydrogens (tertiary/aromatic N) is 2. The molecule has 0 radical (unpaired) electrons. The standard InChI is InChI=1S/C14H19N3O/c1-12(13-6-3-2-4-7-13)15-10-14(18)11-17-9-5-8-16-17/h2-9,12,14-15,18H,10-11H2,1H3. The molecule has 0 saturated carbocycles. The van der Waals surface area contributed by atoms with Gasteiger partial charge in [-0.2, -0.15) is 5.10 Å². The first-order chi connectivity index (χ1) is 8.75. The fraction of sp³-hybridized carbons (Fsp3) is 0.357. The van der Waals surface area contributed by atoms with E-state index in [1.807, 2.05) is 30.5 Å². The van der Waals surface area contributed by atoms with E-state index >= 15 is 0 Å². The molecule has 0 fully saturated rings. The molecule has 0 bridgehead atoms. The molecule has 96 valence electrons. The molecule has 0 aliphatic carbocycles. The molecule has 2 N–H and O–H groups in total. The first kappa shape index (κ1) is 12.8. The average Bonchev–Trinajstić information content (AvgIpc) is 2.90. The van der Waals surface area contributed by atoms with Crippen molar-refractivity contribution in [1.82, 2.24) is 15.1 Å². The van der Waals surface area contributed by atoms with Crippen molar-refractivity contribution in [2.24, 2.45) is 0 Å². The molecule has 4 heteroatoms. The number of nitrogens with one attached hydrogen (secondary N) is 1. The van der Waals surface area contributed by atoms with Crippen LogP contribution < -0.4 is 5.32 Å². The molecular weight excluding hydrogens is 226 g/mol. The van der Waals surface area contributed by atoms with Crippen molar-refractivity contribution >= 4 is 0 Å². The Balaban J connectivity index is 1.77. The van der Waals surface area contributed by atoms with E-state index in [1.54, 1.807) is 10.9 Å². The fourth-order valence-corrected chi connectivity index (χ4v) is 1.86. The summed E-state index contributed by atoms with van der Waals surface area (Å²) in [7, 11) is 0. The molecular formula is C14H19N3O. The molecule has 18 heavy (non-hydrogen) atoms. The van der Waals surface area contributed by atoms with Gasteiger partial charge in [-0.05, 0) is 18.6 Å². The highest BCUT2D eigenvalue weighted by atomic mass is 16.3. The third-order valence-corrected chi connectivity index (χ3v) is 2.92. The van der Waals surface area contributed by atoms with Gasteiger partial charge in [0.2, 0.25) is 0 Å². The lowest BCUT2D eigenvalue weighted by Gasteiger charge is -2.17. The molecule has 2 atom stereocenters. The molecule has 2 rings (SSSR count). The highest BCUT2D eigenvalue weighted by Gasteiger charge is 2.09. The van der Waals surface area contributed by atoms with Crippen LogP contribution >= 0.6 is 0 Å². The summed E-state index contributed by atoms with van der Waals surface area (Å²) < 4.78 is 1.74. The lowest BCUT2D eigenvalue weighted by atomic mass is 10.1. The Hall–Kier alpha value is -1.65. The van der Waals surface area contributed by atoms with Gasteiger partial charge in [0.05, 0.1) is 12.6 Å². The zero-order valence-corrected chi connectivity index (χ0v) is 10.5. The SMILES string of the molecule is CC(NCC(O)Cn1cccn1)c1ccccc1. The van der Waals surface area contributed by atoms with Crippen LogP contribution in [0.25, 0.3) is 0 Å². The summed E-state index contributed by atoms with van der Waals surface area (Å²) >= 11 is 0. The molecule has 0 saturated heterocycles. The molecule has 0 amide bonds. The van der Waals surface area contributed by atoms with Crippen molar-refractivity contribution in [3.63, 3.8) is 0 Å². The largest absolute Gasteiger partial charge is 0.390 e. The van der Waals surface area contributed by atoms with Crippen molar-refractivity contribution in [2.45, 2.75) is 25.6 Å². The Morgan fingerprint density at radius 2 is 2.06 bits per heavy atom. The minimum Gasteiger partial charge on any atom is -0.390 e. The van der Waals surface area contributed by atoms with Gasteiger partial charge >= 0.3 is 0 Å². The Bertz CT molecular complexity index is 441. The van der Waals surface area contributed by atoms with Crippen LogP contribution in [0.4, 0.5) is 0 Å². The van der Waals surface area contributed by atoms with Crippen LogP contribution in [-0.2, 0) is 6.54 Å². The zero-order chi connectivity index (χ0) is 12.8. The molecule has 0 aliphatic heterocycles. The van der Waals surface area contributed by atoms with Crippen molar-refractivity contribution in [2.75, 3.05) is 6.54 Å². The zero-order valence-electron chi connectivity index (χ0n) is 10.5. The summed E-state index contributed by atoms with van der Waals surface area (Å²) in [5.74, 6) is 0. The van der Waals surface area contributed by atoms with E-state index in [0.29, 0.717) is 13.1 Å². The van der Waals surface area contributed by atoms with Gasteiger partial charge in [-0.25, -0.2) is 0 Å². The van der Waals surface area contributed by atoms with Crippen LogP contribution in [0.1, 0.15) is 18.5 Å². The van der Waals surface area contributed by atoms with Crippen molar-refractivity contribution in [3.05, 3.63) is 54.4 Å². The number of aliphatic hydroxyl groups is 1. The predicted molar refractivity (Wildman–Crippen MR) is 71.1 cm³/mol. The average molecular weight is 245 g/mol. The van der Waals surface area contributed by atoms with Gasteiger partial charge in [0.1, 0.15) is 0 Å². The second-order valence-electron chi connectivity index (χ2n) is 4.42. The first-order valence-electron chi connectivity index (χ1n) is 6.19. The lowest BCUT2D eigenvalue weighted by molar-refractivity contribution is 0.143. The monoisotopic (exact) mass is 245 g/mol. The van der Waals surface area contributed by atoms with Crippen LogP contribution in [0.5, 0.6) is 0 Å². The molecule has 2 unspecified atom stereocenters. The van der Waals surface area contributed by atoms with Gasteiger partial charge in [0.15, 0.2) is 0 Å². The highest BCUT2D eigenvalue weighted by Crippen LogP contribution is 2.10. The van der Waals surface area contributed by atoms with Gasteiger partial charge in [-0.3, -0.25) is 4.68 Å². The van der Waals surface area contributed by atoms with Gasteiger partial charge < -0.3 is 10.4 Å². The summed E-state index contributed by atoms with van der Waals surface area (Å²) in [5, 5.41) is 17.3. The summed E-state index contributed by atoms with van der Waals surface area (Å²) in [6.45, 7) is 3.16. The molecule has 1 aromatic heterocycles. The number of benzene rings is 1. The molecule has 0 spiro atoms. The second kappa shape index (κ2) is 6.33. The van der Waals surface area contributed by atoms with E-state index < -0.39 is 6.10 Å². The van der Waals surface area contributed by atoms with Gasteiger partial charge in [-0.15, -0.1) is 0 Å². The number of hydrogen-bond acceptors (Lipinski definition) is 3. The molecule has 0 aliphatic rings. The topological polar surface area (TPSA) is 50.1 Å². The van der Waals surface area contributed by atoms with E-state index in [-0.39, 0.29) is 6.04 Å². The Kier molecular flexibility index (Phi) is 4.50. The van der Waals surface area contributed by atoms with E-state index in [1.165, 1.54) is 5.56 Å². The fourth-order valence-electron chi connectivity index (χ4n) is 1.86. The Morgan fingerprint density at radius 1 is 1.28 bits per heavy atom.